The molecule has 0 saturated carbocycles. The van der Waals surface area contributed by atoms with Crippen LogP contribution in [0.3, 0.4) is 0 Å². The SMILES string of the molecule is CCN(CC(=O)Nc1ccc(Br)cc1F)S(=O)(=O)c1cc(C)ccc1OC. The molecule has 0 heterocycles. The lowest BCUT2D eigenvalue weighted by molar-refractivity contribution is -0.116. The van der Waals surface area contributed by atoms with Gasteiger partial charge in [-0.15, -0.1) is 0 Å². The van der Waals surface area contributed by atoms with E-state index in [2.05, 4.69) is 21.2 Å². The van der Waals surface area contributed by atoms with E-state index < -0.39 is 28.3 Å². The molecule has 0 fully saturated rings. The average Bonchev–Trinajstić information content (AvgIpc) is 2.61. The number of rotatable bonds is 7. The summed E-state index contributed by atoms with van der Waals surface area (Å²) >= 11 is 3.13. The number of benzene rings is 2. The fraction of sp³-hybridized carbons (Fsp3) is 0.278. The standard InChI is InChI=1S/C18H20BrFN2O4S/c1-4-22(11-18(23)21-15-7-6-13(19)10-14(15)20)27(24,25)17-9-12(2)5-8-16(17)26-3/h5-10H,4,11H2,1-3H3,(H,21,23). The van der Waals surface area contributed by atoms with Crippen LogP contribution in [0.25, 0.3) is 0 Å². The lowest BCUT2D eigenvalue weighted by Crippen LogP contribution is -2.38. The van der Waals surface area contributed by atoms with Gasteiger partial charge in [0.05, 0.1) is 19.3 Å². The highest BCUT2D eigenvalue weighted by atomic mass is 79.9. The Balaban J connectivity index is 2.25. The van der Waals surface area contributed by atoms with Crippen LogP contribution < -0.4 is 10.1 Å². The normalized spacial score (nSPS) is 11.5. The van der Waals surface area contributed by atoms with Crippen LogP contribution in [0.4, 0.5) is 10.1 Å². The van der Waals surface area contributed by atoms with Gasteiger partial charge in [-0.2, -0.15) is 4.31 Å². The Morgan fingerprint density at radius 3 is 2.56 bits per heavy atom. The monoisotopic (exact) mass is 458 g/mol. The molecular formula is C18H20BrFN2O4S. The summed E-state index contributed by atoms with van der Waals surface area (Å²) in [5, 5.41) is 2.39. The first-order valence-electron chi connectivity index (χ1n) is 8.08. The van der Waals surface area contributed by atoms with Crippen molar-refractivity contribution in [2.75, 3.05) is 25.5 Å². The predicted molar refractivity (Wildman–Crippen MR) is 105 cm³/mol. The van der Waals surface area contributed by atoms with E-state index in [-0.39, 0.29) is 22.9 Å². The second kappa shape index (κ2) is 8.81. The molecule has 27 heavy (non-hydrogen) atoms. The number of ether oxygens (including phenoxy) is 1. The molecule has 0 spiro atoms. The molecule has 146 valence electrons. The zero-order valence-electron chi connectivity index (χ0n) is 15.1. The Kier molecular flexibility index (Phi) is 6.96. The molecule has 0 bridgehead atoms. The molecule has 2 rings (SSSR count). The van der Waals surface area contributed by atoms with Crippen LogP contribution in [0.2, 0.25) is 0 Å². The number of hydrogen-bond acceptors (Lipinski definition) is 4. The minimum Gasteiger partial charge on any atom is -0.495 e. The van der Waals surface area contributed by atoms with E-state index in [1.807, 2.05) is 0 Å². The molecule has 1 N–H and O–H groups in total. The van der Waals surface area contributed by atoms with Gasteiger partial charge in [0.2, 0.25) is 15.9 Å². The molecule has 2 aromatic carbocycles. The smallest absolute Gasteiger partial charge is 0.247 e. The Labute approximate surface area is 166 Å². The zero-order chi connectivity index (χ0) is 20.2. The summed E-state index contributed by atoms with van der Waals surface area (Å²) in [5.41, 5.74) is 0.719. The molecule has 0 aromatic heterocycles. The molecule has 9 heteroatoms. The van der Waals surface area contributed by atoms with E-state index in [4.69, 9.17) is 4.74 Å². The highest BCUT2D eigenvalue weighted by Crippen LogP contribution is 2.28. The highest BCUT2D eigenvalue weighted by Gasteiger charge is 2.28. The third-order valence-electron chi connectivity index (χ3n) is 3.81. The molecule has 0 aliphatic carbocycles. The molecule has 0 aliphatic rings. The number of halogens is 2. The molecule has 6 nitrogen and oxygen atoms in total. The Morgan fingerprint density at radius 2 is 1.96 bits per heavy atom. The third-order valence-corrected chi connectivity index (χ3v) is 6.25. The topological polar surface area (TPSA) is 75.7 Å². The number of amides is 1. The second-order valence-corrected chi connectivity index (χ2v) is 8.58. The Morgan fingerprint density at radius 1 is 1.26 bits per heavy atom. The van der Waals surface area contributed by atoms with Crippen molar-refractivity contribution in [3.05, 3.63) is 52.3 Å². The van der Waals surface area contributed by atoms with Crippen molar-refractivity contribution in [3.8, 4) is 5.75 Å². The van der Waals surface area contributed by atoms with Crippen molar-refractivity contribution in [3.63, 3.8) is 0 Å². The minimum atomic E-state index is -3.97. The number of anilines is 1. The van der Waals surface area contributed by atoms with Gasteiger partial charge in [0.25, 0.3) is 0 Å². The van der Waals surface area contributed by atoms with Crippen molar-refractivity contribution in [1.29, 1.82) is 0 Å². The zero-order valence-corrected chi connectivity index (χ0v) is 17.5. The number of methoxy groups -OCH3 is 1. The number of hydrogen-bond donors (Lipinski definition) is 1. The average molecular weight is 459 g/mol. The van der Waals surface area contributed by atoms with Crippen LogP contribution in [0, 0.1) is 12.7 Å². The van der Waals surface area contributed by atoms with E-state index in [0.717, 1.165) is 9.87 Å². The third kappa shape index (κ3) is 5.06. The summed E-state index contributed by atoms with van der Waals surface area (Å²) in [4.78, 5) is 12.3. The fourth-order valence-corrected chi connectivity index (χ4v) is 4.41. The Bertz CT molecular complexity index is 950. The van der Waals surface area contributed by atoms with Gasteiger partial charge in [0.1, 0.15) is 16.5 Å². The van der Waals surface area contributed by atoms with E-state index in [1.165, 1.54) is 25.3 Å². The van der Waals surface area contributed by atoms with E-state index in [9.17, 15) is 17.6 Å². The fourth-order valence-electron chi connectivity index (χ4n) is 2.43. The molecule has 0 unspecified atom stereocenters. The van der Waals surface area contributed by atoms with Gasteiger partial charge in [-0.1, -0.05) is 28.9 Å². The van der Waals surface area contributed by atoms with Crippen LogP contribution in [-0.4, -0.2) is 38.8 Å². The van der Waals surface area contributed by atoms with Crippen LogP contribution in [0.1, 0.15) is 12.5 Å². The van der Waals surface area contributed by atoms with Gasteiger partial charge in [-0.05, 0) is 42.8 Å². The molecular weight excluding hydrogens is 439 g/mol. The molecule has 1 amide bonds. The maximum absolute atomic E-state index is 13.9. The summed E-state index contributed by atoms with van der Waals surface area (Å²) in [5.74, 6) is -1.07. The number of likely N-dealkylation sites (N-methyl/N-ethyl adjacent to an activating group) is 1. The van der Waals surface area contributed by atoms with Crippen LogP contribution in [0.5, 0.6) is 5.75 Å². The lowest BCUT2D eigenvalue weighted by Gasteiger charge is -2.21. The number of carbonyl (C=O) groups excluding carboxylic acids is 1. The van der Waals surface area contributed by atoms with Gasteiger partial charge >= 0.3 is 0 Å². The quantitative estimate of drug-likeness (QED) is 0.687. The maximum Gasteiger partial charge on any atom is 0.247 e. The van der Waals surface area contributed by atoms with Crippen molar-refractivity contribution < 1.29 is 22.3 Å². The summed E-state index contributed by atoms with van der Waals surface area (Å²) < 4.78 is 46.5. The van der Waals surface area contributed by atoms with Gasteiger partial charge in [-0.3, -0.25) is 4.79 Å². The number of nitrogens with zero attached hydrogens (tertiary/aromatic N) is 1. The van der Waals surface area contributed by atoms with Gasteiger partial charge in [0, 0.05) is 11.0 Å². The Hall–Kier alpha value is -1.97. The summed E-state index contributed by atoms with van der Waals surface area (Å²) in [6.07, 6.45) is 0. The first-order valence-corrected chi connectivity index (χ1v) is 10.3. The van der Waals surface area contributed by atoms with Crippen LogP contribution >= 0.6 is 15.9 Å². The van der Waals surface area contributed by atoms with Gasteiger partial charge in [0.15, 0.2) is 0 Å². The first kappa shape index (κ1) is 21.3. The number of carbonyl (C=O) groups is 1. The summed E-state index contributed by atoms with van der Waals surface area (Å²) in [6.45, 7) is 2.99. The molecule has 0 saturated heterocycles. The van der Waals surface area contributed by atoms with E-state index >= 15 is 0 Å². The number of aryl methyl sites for hydroxylation is 1. The van der Waals surface area contributed by atoms with Crippen molar-refractivity contribution >= 4 is 37.5 Å². The van der Waals surface area contributed by atoms with Gasteiger partial charge < -0.3 is 10.1 Å². The largest absolute Gasteiger partial charge is 0.495 e. The number of nitrogens with one attached hydrogen (secondary N) is 1. The molecule has 0 atom stereocenters. The summed E-state index contributed by atoms with van der Waals surface area (Å²) in [6, 6.07) is 8.96. The van der Waals surface area contributed by atoms with Crippen LogP contribution in [0.15, 0.2) is 45.8 Å². The van der Waals surface area contributed by atoms with Crippen molar-refractivity contribution in [1.82, 2.24) is 4.31 Å². The van der Waals surface area contributed by atoms with Crippen molar-refractivity contribution in [2.45, 2.75) is 18.7 Å². The maximum atomic E-state index is 13.9. The van der Waals surface area contributed by atoms with E-state index in [0.29, 0.717) is 4.47 Å². The van der Waals surface area contributed by atoms with Gasteiger partial charge in [-0.25, -0.2) is 12.8 Å². The highest BCUT2D eigenvalue weighted by molar-refractivity contribution is 9.10. The lowest BCUT2D eigenvalue weighted by atomic mass is 10.2. The molecule has 0 radical (unpaired) electrons. The van der Waals surface area contributed by atoms with E-state index in [1.54, 1.807) is 32.0 Å². The van der Waals surface area contributed by atoms with Crippen molar-refractivity contribution in [2.24, 2.45) is 0 Å². The summed E-state index contributed by atoms with van der Waals surface area (Å²) in [7, 11) is -2.60. The molecule has 2 aromatic rings. The van der Waals surface area contributed by atoms with Crippen LogP contribution in [-0.2, 0) is 14.8 Å². The minimum absolute atomic E-state index is 0.0190. The number of sulfonamides is 1. The molecule has 0 aliphatic heterocycles. The first-order chi connectivity index (χ1) is 12.7. The second-order valence-electron chi connectivity index (χ2n) is 5.76. The predicted octanol–water partition coefficient (Wildman–Crippen LogP) is 3.55.